The molecule has 0 fully saturated rings. The maximum Gasteiger partial charge on any atom is 0.343 e. The molecule has 2 aromatic carbocycles. The Bertz CT molecular complexity index is 938. The van der Waals surface area contributed by atoms with E-state index < -0.39 is 11.9 Å². The van der Waals surface area contributed by atoms with Gasteiger partial charge in [0.2, 0.25) is 0 Å². The minimum Gasteiger partial charge on any atom is -0.497 e. The highest BCUT2D eigenvalue weighted by Gasteiger charge is 2.52. The third-order valence-corrected chi connectivity index (χ3v) is 5.03. The van der Waals surface area contributed by atoms with E-state index >= 15 is 0 Å². The molecule has 0 amide bonds. The normalized spacial score (nSPS) is 23.3. The molecule has 4 nitrogen and oxygen atoms in total. The Morgan fingerprint density at radius 3 is 2.00 bits per heavy atom. The number of cyclic esters (lactones) is 2. The van der Waals surface area contributed by atoms with Crippen LogP contribution < -0.4 is 4.74 Å². The smallest absolute Gasteiger partial charge is 0.343 e. The fourth-order valence-corrected chi connectivity index (χ4v) is 4.15. The third-order valence-electron chi connectivity index (χ3n) is 5.03. The van der Waals surface area contributed by atoms with Gasteiger partial charge in [-0.15, -0.1) is 0 Å². The highest BCUT2D eigenvalue weighted by molar-refractivity contribution is 6.16. The number of benzene rings is 2. The zero-order valence-electron chi connectivity index (χ0n) is 12.3. The molecule has 3 aliphatic carbocycles. The summed E-state index contributed by atoms with van der Waals surface area (Å²) >= 11 is 0. The zero-order chi connectivity index (χ0) is 15.7. The largest absolute Gasteiger partial charge is 0.497 e. The van der Waals surface area contributed by atoms with Gasteiger partial charge >= 0.3 is 11.9 Å². The molecule has 0 N–H and O–H groups in total. The first-order chi connectivity index (χ1) is 11.2. The molecule has 4 aliphatic rings. The Morgan fingerprint density at radius 2 is 1.39 bits per heavy atom. The summed E-state index contributed by atoms with van der Waals surface area (Å²) in [6, 6.07) is 13.8. The van der Waals surface area contributed by atoms with Crippen molar-refractivity contribution in [2.75, 3.05) is 7.11 Å². The quantitative estimate of drug-likeness (QED) is 0.600. The number of esters is 2. The van der Waals surface area contributed by atoms with Gasteiger partial charge < -0.3 is 9.47 Å². The zero-order valence-corrected chi connectivity index (χ0v) is 12.3. The lowest BCUT2D eigenvalue weighted by atomic mass is 9.61. The molecular weight excluding hydrogens is 292 g/mol. The summed E-state index contributed by atoms with van der Waals surface area (Å²) in [6.07, 6.45) is 0. The molecular formula is C19H12O4. The minimum absolute atomic E-state index is 0.231. The first kappa shape index (κ1) is 12.6. The van der Waals surface area contributed by atoms with E-state index in [1.54, 1.807) is 7.11 Å². The maximum atomic E-state index is 12.3. The van der Waals surface area contributed by atoms with Gasteiger partial charge in [-0.1, -0.05) is 30.3 Å². The van der Waals surface area contributed by atoms with E-state index in [1.165, 1.54) is 0 Å². The molecule has 0 radical (unpaired) electrons. The van der Waals surface area contributed by atoms with Gasteiger partial charge in [0.1, 0.15) is 5.75 Å². The van der Waals surface area contributed by atoms with Crippen LogP contribution in [0.5, 0.6) is 5.75 Å². The molecule has 2 aromatic rings. The summed E-state index contributed by atoms with van der Waals surface area (Å²) in [5, 5.41) is 0. The van der Waals surface area contributed by atoms with Crippen molar-refractivity contribution in [1.29, 1.82) is 0 Å². The maximum absolute atomic E-state index is 12.3. The standard InChI is InChI=1S/C19H12O4/c1-22-9-6-7-12-13(8-9)15-11-5-3-2-4-10(11)14(12)16-17(15)19(21)23-18(16)20/h2-8,14-15H,1H3/t14-,15+/m1/s1. The van der Waals surface area contributed by atoms with Crippen LogP contribution >= 0.6 is 0 Å². The van der Waals surface area contributed by atoms with E-state index in [4.69, 9.17) is 9.47 Å². The third kappa shape index (κ3) is 1.41. The van der Waals surface area contributed by atoms with Crippen LogP contribution in [0.3, 0.4) is 0 Å². The van der Waals surface area contributed by atoms with Crippen LogP contribution in [0, 0.1) is 0 Å². The molecule has 0 spiro atoms. The van der Waals surface area contributed by atoms with Crippen molar-refractivity contribution in [2.24, 2.45) is 0 Å². The highest BCUT2D eigenvalue weighted by Crippen LogP contribution is 2.57. The minimum atomic E-state index is -0.511. The number of carbonyl (C=O) groups excluding carboxylic acids is 2. The molecule has 0 aromatic heterocycles. The average Bonchev–Trinajstić information content (AvgIpc) is 2.89. The monoisotopic (exact) mass is 304 g/mol. The first-order valence-electron chi connectivity index (χ1n) is 7.48. The van der Waals surface area contributed by atoms with E-state index in [0.29, 0.717) is 11.1 Å². The van der Waals surface area contributed by atoms with Crippen molar-refractivity contribution in [2.45, 2.75) is 11.8 Å². The van der Waals surface area contributed by atoms with Crippen LogP contribution in [0.2, 0.25) is 0 Å². The van der Waals surface area contributed by atoms with Gasteiger partial charge in [0, 0.05) is 11.8 Å². The van der Waals surface area contributed by atoms with Gasteiger partial charge in [0.15, 0.2) is 0 Å². The summed E-state index contributed by atoms with van der Waals surface area (Å²) in [5.41, 5.74) is 5.25. The fourth-order valence-electron chi connectivity index (χ4n) is 4.15. The SMILES string of the molecule is COc1ccc2c(c1)[C@H]1C3=C(C(=O)OC3=O)[C@@H]2c2ccccc21. The van der Waals surface area contributed by atoms with Crippen LogP contribution in [-0.4, -0.2) is 19.0 Å². The van der Waals surface area contributed by atoms with Crippen LogP contribution in [-0.2, 0) is 14.3 Å². The topological polar surface area (TPSA) is 52.6 Å². The molecule has 0 unspecified atom stereocenters. The molecule has 0 saturated carbocycles. The van der Waals surface area contributed by atoms with Crippen molar-refractivity contribution in [1.82, 2.24) is 0 Å². The van der Waals surface area contributed by atoms with Gasteiger partial charge in [0.05, 0.1) is 18.3 Å². The van der Waals surface area contributed by atoms with Crippen LogP contribution in [0.1, 0.15) is 34.1 Å². The lowest BCUT2D eigenvalue weighted by Gasteiger charge is -2.39. The highest BCUT2D eigenvalue weighted by atomic mass is 16.6. The van der Waals surface area contributed by atoms with E-state index in [2.05, 4.69) is 0 Å². The van der Waals surface area contributed by atoms with Crippen molar-refractivity contribution >= 4 is 11.9 Å². The lowest BCUT2D eigenvalue weighted by Crippen LogP contribution is -2.29. The Hall–Kier alpha value is -2.88. The fraction of sp³-hybridized carbons (Fsp3) is 0.158. The van der Waals surface area contributed by atoms with E-state index in [-0.39, 0.29) is 11.8 Å². The van der Waals surface area contributed by atoms with Crippen LogP contribution in [0.25, 0.3) is 0 Å². The van der Waals surface area contributed by atoms with Gasteiger partial charge in [-0.05, 0) is 34.4 Å². The molecule has 23 heavy (non-hydrogen) atoms. The summed E-state index contributed by atoms with van der Waals surface area (Å²) in [4.78, 5) is 24.5. The van der Waals surface area contributed by atoms with Gasteiger partial charge in [0.25, 0.3) is 0 Å². The van der Waals surface area contributed by atoms with E-state index in [0.717, 1.165) is 28.0 Å². The molecule has 1 aliphatic heterocycles. The lowest BCUT2D eigenvalue weighted by molar-refractivity contribution is -0.151. The first-order valence-corrected chi connectivity index (χ1v) is 7.48. The second-order valence-electron chi connectivity index (χ2n) is 5.99. The summed E-state index contributed by atoms with van der Waals surface area (Å²) in [6.45, 7) is 0. The van der Waals surface area contributed by atoms with Crippen molar-refractivity contribution in [3.63, 3.8) is 0 Å². The molecule has 2 atom stereocenters. The predicted molar refractivity (Wildman–Crippen MR) is 81.2 cm³/mol. The number of carbonyl (C=O) groups is 2. The Kier molecular flexibility index (Phi) is 2.25. The molecule has 6 rings (SSSR count). The summed E-state index contributed by atoms with van der Waals surface area (Å²) < 4.78 is 10.3. The Labute approximate surface area is 132 Å². The molecule has 1 heterocycles. The molecule has 2 bridgehead atoms. The Balaban J connectivity index is 1.87. The van der Waals surface area contributed by atoms with E-state index in [1.807, 2.05) is 42.5 Å². The van der Waals surface area contributed by atoms with E-state index in [9.17, 15) is 9.59 Å². The molecule has 0 saturated heterocycles. The number of ether oxygens (including phenoxy) is 2. The van der Waals surface area contributed by atoms with Crippen molar-refractivity contribution in [3.8, 4) is 5.75 Å². The average molecular weight is 304 g/mol. The Morgan fingerprint density at radius 1 is 0.826 bits per heavy atom. The molecule has 112 valence electrons. The van der Waals surface area contributed by atoms with Crippen molar-refractivity contribution < 1.29 is 19.1 Å². The van der Waals surface area contributed by atoms with Crippen LogP contribution in [0.4, 0.5) is 0 Å². The molecule has 4 heteroatoms. The predicted octanol–water partition coefficient (Wildman–Crippen LogP) is 2.67. The number of hydrogen-bond donors (Lipinski definition) is 0. The van der Waals surface area contributed by atoms with Gasteiger partial charge in [-0.3, -0.25) is 0 Å². The summed E-state index contributed by atoms with van der Waals surface area (Å²) in [7, 11) is 1.62. The van der Waals surface area contributed by atoms with Crippen molar-refractivity contribution in [3.05, 3.63) is 75.9 Å². The number of hydrogen-bond acceptors (Lipinski definition) is 4. The van der Waals surface area contributed by atoms with Gasteiger partial charge in [-0.25, -0.2) is 9.59 Å². The number of methoxy groups -OCH3 is 1. The second kappa shape index (κ2) is 4.10. The second-order valence-corrected chi connectivity index (χ2v) is 5.99. The van der Waals surface area contributed by atoms with Gasteiger partial charge in [-0.2, -0.15) is 0 Å². The summed E-state index contributed by atoms with van der Waals surface area (Å²) in [5.74, 6) is -0.756. The number of rotatable bonds is 1. The van der Waals surface area contributed by atoms with Crippen LogP contribution in [0.15, 0.2) is 53.6 Å².